The molecular formula is C15H29NO3. The van der Waals surface area contributed by atoms with Crippen molar-refractivity contribution in [1.82, 2.24) is 4.90 Å². The van der Waals surface area contributed by atoms with Crippen LogP contribution in [0.4, 0.5) is 0 Å². The van der Waals surface area contributed by atoms with Gasteiger partial charge in [0.25, 0.3) is 0 Å². The first-order valence-electron chi connectivity index (χ1n) is 7.80. The van der Waals surface area contributed by atoms with E-state index in [1.807, 2.05) is 0 Å². The van der Waals surface area contributed by atoms with E-state index in [1.54, 1.807) is 7.11 Å². The summed E-state index contributed by atoms with van der Waals surface area (Å²) in [6.45, 7) is 3.52. The monoisotopic (exact) mass is 271 g/mol. The van der Waals surface area contributed by atoms with Gasteiger partial charge in [-0.25, -0.2) is 0 Å². The van der Waals surface area contributed by atoms with Crippen molar-refractivity contribution < 1.29 is 14.6 Å². The Morgan fingerprint density at radius 1 is 1.16 bits per heavy atom. The highest BCUT2D eigenvalue weighted by Crippen LogP contribution is 2.35. The van der Waals surface area contributed by atoms with Crippen molar-refractivity contribution in [2.75, 3.05) is 40.0 Å². The molecule has 1 aliphatic heterocycles. The third-order valence-electron chi connectivity index (χ3n) is 4.55. The minimum atomic E-state index is -0.362. The number of hydrogen-bond acceptors (Lipinski definition) is 4. The molecule has 1 N–H and O–H groups in total. The number of aliphatic hydroxyl groups excluding tert-OH is 1. The first-order valence-corrected chi connectivity index (χ1v) is 7.80. The Hall–Kier alpha value is -0.160. The van der Waals surface area contributed by atoms with Crippen molar-refractivity contribution in [2.24, 2.45) is 5.92 Å². The van der Waals surface area contributed by atoms with Crippen LogP contribution in [0.15, 0.2) is 0 Å². The van der Waals surface area contributed by atoms with Gasteiger partial charge < -0.3 is 14.6 Å². The van der Waals surface area contributed by atoms with Gasteiger partial charge in [-0.1, -0.05) is 12.8 Å². The standard InChI is InChI=1S/C15H29NO3/c1-18-9-10-19-12-14(17)11-16-8-4-7-15(16)13-5-2-3-6-13/h13-15,17H,2-12H2,1H3. The van der Waals surface area contributed by atoms with Crippen LogP contribution < -0.4 is 0 Å². The van der Waals surface area contributed by atoms with Gasteiger partial charge in [-0.05, 0) is 38.1 Å². The van der Waals surface area contributed by atoms with Gasteiger partial charge in [0.1, 0.15) is 0 Å². The topological polar surface area (TPSA) is 41.9 Å². The van der Waals surface area contributed by atoms with Crippen LogP contribution in [0.2, 0.25) is 0 Å². The van der Waals surface area contributed by atoms with E-state index in [0.717, 1.165) is 25.0 Å². The predicted octanol–water partition coefficient (Wildman–Crippen LogP) is 1.66. The highest BCUT2D eigenvalue weighted by molar-refractivity contribution is 4.88. The number of β-amino-alcohol motifs (C(OH)–C–C–N with tert-alkyl or cyclic N) is 1. The first-order chi connectivity index (χ1) is 9.31. The van der Waals surface area contributed by atoms with E-state index in [9.17, 15) is 5.11 Å². The first kappa shape index (κ1) is 15.2. The summed E-state index contributed by atoms with van der Waals surface area (Å²) >= 11 is 0. The summed E-state index contributed by atoms with van der Waals surface area (Å²) in [7, 11) is 1.66. The number of ether oxygens (including phenoxy) is 2. The summed E-state index contributed by atoms with van der Waals surface area (Å²) in [5, 5.41) is 10.1. The van der Waals surface area contributed by atoms with Crippen LogP contribution in [-0.4, -0.2) is 62.2 Å². The fourth-order valence-corrected chi connectivity index (χ4v) is 3.64. The van der Waals surface area contributed by atoms with Gasteiger partial charge in [-0.15, -0.1) is 0 Å². The lowest BCUT2D eigenvalue weighted by Gasteiger charge is -2.30. The summed E-state index contributed by atoms with van der Waals surface area (Å²) in [4.78, 5) is 2.50. The second-order valence-corrected chi connectivity index (χ2v) is 5.97. The molecule has 1 aliphatic carbocycles. The Bertz CT molecular complexity index is 244. The molecule has 4 nitrogen and oxygen atoms in total. The Morgan fingerprint density at radius 3 is 2.68 bits per heavy atom. The fraction of sp³-hybridized carbons (Fsp3) is 1.00. The number of nitrogens with zero attached hydrogens (tertiary/aromatic N) is 1. The molecule has 2 aliphatic rings. The smallest absolute Gasteiger partial charge is 0.0900 e. The molecule has 0 bridgehead atoms. The Kier molecular flexibility index (Phi) is 6.57. The summed E-state index contributed by atoms with van der Waals surface area (Å²) in [5.41, 5.74) is 0. The third kappa shape index (κ3) is 4.71. The van der Waals surface area contributed by atoms with Gasteiger partial charge in [0, 0.05) is 19.7 Å². The average molecular weight is 271 g/mol. The van der Waals surface area contributed by atoms with E-state index < -0.39 is 0 Å². The highest BCUT2D eigenvalue weighted by atomic mass is 16.5. The summed E-state index contributed by atoms with van der Waals surface area (Å²) in [6.07, 6.45) is 7.83. The molecule has 1 saturated carbocycles. The zero-order valence-corrected chi connectivity index (χ0v) is 12.2. The molecule has 0 aromatic rings. The zero-order valence-electron chi connectivity index (χ0n) is 12.2. The molecule has 2 rings (SSSR count). The number of likely N-dealkylation sites (tertiary alicyclic amines) is 1. The average Bonchev–Trinajstić information content (AvgIpc) is 3.04. The lowest BCUT2D eigenvalue weighted by Crippen LogP contribution is -2.41. The van der Waals surface area contributed by atoms with Crippen LogP contribution >= 0.6 is 0 Å². The highest BCUT2D eigenvalue weighted by Gasteiger charge is 2.33. The molecule has 0 radical (unpaired) electrons. The van der Waals surface area contributed by atoms with E-state index >= 15 is 0 Å². The van der Waals surface area contributed by atoms with Crippen LogP contribution in [0.3, 0.4) is 0 Å². The number of hydrogen-bond donors (Lipinski definition) is 1. The molecule has 1 saturated heterocycles. The van der Waals surface area contributed by atoms with Gasteiger partial charge in [-0.2, -0.15) is 0 Å². The molecule has 0 amide bonds. The van der Waals surface area contributed by atoms with E-state index in [0.29, 0.717) is 19.8 Å². The minimum absolute atomic E-state index is 0.362. The largest absolute Gasteiger partial charge is 0.389 e. The number of aliphatic hydroxyl groups is 1. The van der Waals surface area contributed by atoms with Gasteiger partial charge >= 0.3 is 0 Å². The van der Waals surface area contributed by atoms with Crippen LogP contribution in [-0.2, 0) is 9.47 Å². The van der Waals surface area contributed by atoms with Crippen molar-refractivity contribution in [3.63, 3.8) is 0 Å². The predicted molar refractivity (Wildman–Crippen MR) is 75.3 cm³/mol. The SMILES string of the molecule is COCCOCC(O)CN1CCCC1C1CCCC1. The molecule has 112 valence electrons. The quantitative estimate of drug-likeness (QED) is 0.682. The van der Waals surface area contributed by atoms with E-state index in [2.05, 4.69) is 4.90 Å². The van der Waals surface area contributed by atoms with Crippen LogP contribution in [0.25, 0.3) is 0 Å². The van der Waals surface area contributed by atoms with Crippen LogP contribution in [0, 0.1) is 5.92 Å². The van der Waals surface area contributed by atoms with E-state index in [-0.39, 0.29) is 6.10 Å². The third-order valence-corrected chi connectivity index (χ3v) is 4.55. The van der Waals surface area contributed by atoms with Gasteiger partial charge in [0.05, 0.1) is 25.9 Å². The van der Waals surface area contributed by atoms with E-state index in [1.165, 1.54) is 38.5 Å². The molecule has 1 heterocycles. The molecule has 2 atom stereocenters. The Labute approximate surface area is 117 Å². The molecule has 0 aromatic carbocycles. The Balaban J connectivity index is 1.68. The molecule has 19 heavy (non-hydrogen) atoms. The van der Waals surface area contributed by atoms with Crippen molar-refractivity contribution in [1.29, 1.82) is 0 Å². The molecule has 2 fully saturated rings. The lowest BCUT2D eigenvalue weighted by atomic mass is 9.96. The van der Waals surface area contributed by atoms with Crippen molar-refractivity contribution >= 4 is 0 Å². The molecule has 4 heteroatoms. The summed E-state index contributed by atoms with van der Waals surface area (Å²) in [6, 6.07) is 0.719. The number of rotatable bonds is 8. The Morgan fingerprint density at radius 2 is 1.95 bits per heavy atom. The van der Waals surface area contributed by atoms with Gasteiger partial charge in [-0.3, -0.25) is 4.90 Å². The minimum Gasteiger partial charge on any atom is -0.389 e. The lowest BCUT2D eigenvalue weighted by molar-refractivity contribution is -0.00504. The summed E-state index contributed by atoms with van der Waals surface area (Å²) < 4.78 is 10.3. The maximum atomic E-state index is 10.1. The zero-order chi connectivity index (χ0) is 13.5. The van der Waals surface area contributed by atoms with Crippen molar-refractivity contribution in [2.45, 2.75) is 50.7 Å². The summed E-state index contributed by atoms with van der Waals surface area (Å²) in [5.74, 6) is 0.879. The maximum Gasteiger partial charge on any atom is 0.0900 e. The molecule has 2 unspecified atom stereocenters. The maximum absolute atomic E-state index is 10.1. The second kappa shape index (κ2) is 8.20. The number of methoxy groups -OCH3 is 1. The normalized spacial score (nSPS) is 27.2. The van der Waals surface area contributed by atoms with Crippen molar-refractivity contribution in [3.05, 3.63) is 0 Å². The fourth-order valence-electron chi connectivity index (χ4n) is 3.64. The van der Waals surface area contributed by atoms with Crippen LogP contribution in [0.1, 0.15) is 38.5 Å². The molecule has 0 aromatic heterocycles. The van der Waals surface area contributed by atoms with Gasteiger partial charge in [0.15, 0.2) is 0 Å². The molecular weight excluding hydrogens is 242 g/mol. The van der Waals surface area contributed by atoms with Gasteiger partial charge in [0.2, 0.25) is 0 Å². The second-order valence-electron chi connectivity index (χ2n) is 5.97. The van der Waals surface area contributed by atoms with E-state index in [4.69, 9.17) is 9.47 Å². The van der Waals surface area contributed by atoms with Crippen molar-refractivity contribution in [3.8, 4) is 0 Å². The van der Waals surface area contributed by atoms with Crippen LogP contribution in [0.5, 0.6) is 0 Å². The molecule has 0 spiro atoms.